The normalized spacial score (nSPS) is 16.4. The van der Waals surface area contributed by atoms with Crippen molar-refractivity contribution >= 4 is 17.5 Å². The van der Waals surface area contributed by atoms with Crippen LogP contribution in [0.1, 0.15) is 11.5 Å². The van der Waals surface area contributed by atoms with E-state index >= 15 is 0 Å². The first-order chi connectivity index (χ1) is 12.8. The monoisotopic (exact) mass is 379 g/mol. The zero-order valence-electron chi connectivity index (χ0n) is 14.8. The molecule has 1 aromatic heterocycles. The molecular formula is C18H20F3N5O. The van der Waals surface area contributed by atoms with Crippen molar-refractivity contribution in [1.82, 2.24) is 14.9 Å². The predicted octanol–water partition coefficient (Wildman–Crippen LogP) is 2.51. The van der Waals surface area contributed by atoms with Crippen LogP contribution in [0.15, 0.2) is 42.7 Å². The smallest absolute Gasteiger partial charge is 0.369 e. The van der Waals surface area contributed by atoms with Gasteiger partial charge in [0.1, 0.15) is 18.0 Å². The Morgan fingerprint density at radius 3 is 2.59 bits per heavy atom. The van der Waals surface area contributed by atoms with Crippen LogP contribution in [0.3, 0.4) is 0 Å². The first-order valence-electron chi connectivity index (χ1n) is 8.51. The fourth-order valence-electron chi connectivity index (χ4n) is 2.89. The number of benzene rings is 1. The number of hydrogen-bond acceptors (Lipinski definition) is 5. The molecule has 1 aromatic carbocycles. The van der Waals surface area contributed by atoms with E-state index in [1.807, 2.05) is 0 Å². The number of nitrogens with zero attached hydrogens (tertiary/aromatic N) is 4. The first kappa shape index (κ1) is 18.9. The van der Waals surface area contributed by atoms with Crippen molar-refractivity contribution in [2.45, 2.75) is 12.1 Å². The highest BCUT2D eigenvalue weighted by molar-refractivity contribution is 5.82. The maximum atomic E-state index is 13.4. The summed E-state index contributed by atoms with van der Waals surface area (Å²) in [7, 11) is 1.73. The second-order valence-electron chi connectivity index (χ2n) is 6.38. The van der Waals surface area contributed by atoms with E-state index in [1.165, 1.54) is 18.5 Å². The Balaban J connectivity index is 1.71. The molecule has 9 heteroatoms. The van der Waals surface area contributed by atoms with Crippen molar-refractivity contribution in [2.75, 3.05) is 43.4 Å². The standard InChI is InChI=1S/C18H20F3N5O/c1-25-7-8-26(11-17(25)27)16-9-15(23-12-24-16)22-10-14(18(19,20)21)13-5-3-2-4-6-13/h2-6,9,12,14H,7-8,10-11H2,1H3,(H,22,23,24). The number of halogens is 3. The average Bonchev–Trinajstić information content (AvgIpc) is 2.64. The first-order valence-corrected chi connectivity index (χ1v) is 8.51. The molecule has 0 aliphatic carbocycles. The van der Waals surface area contributed by atoms with Crippen LogP contribution in [0.4, 0.5) is 24.8 Å². The van der Waals surface area contributed by atoms with E-state index in [-0.39, 0.29) is 30.4 Å². The van der Waals surface area contributed by atoms with Gasteiger partial charge in [-0.05, 0) is 5.56 Å². The minimum absolute atomic E-state index is 0.0319. The lowest BCUT2D eigenvalue weighted by Crippen LogP contribution is -2.48. The molecule has 2 heterocycles. The van der Waals surface area contributed by atoms with Crippen molar-refractivity contribution in [1.29, 1.82) is 0 Å². The Hall–Kier alpha value is -2.84. The van der Waals surface area contributed by atoms with E-state index in [0.717, 1.165) is 0 Å². The SMILES string of the molecule is CN1CCN(c2cc(NCC(c3ccccc3)C(F)(F)F)ncn2)CC1=O. The summed E-state index contributed by atoms with van der Waals surface area (Å²) < 4.78 is 40.3. The average molecular weight is 379 g/mol. The molecular weight excluding hydrogens is 359 g/mol. The summed E-state index contributed by atoms with van der Waals surface area (Å²) >= 11 is 0. The largest absolute Gasteiger partial charge is 0.397 e. The Morgan fingerprint density at radius 2 is 1.93 bits per heavy atom. The summed E-state index contributed by atoms with van der Waals surface area (Å²) in [5.41, 5.74) is 0.191. The van der Waals surface area contributed by atoms with Gasteiger partial charge in [-0.3, -0.25) is 4.79 Å². The maximum Gasteiger partial charge on any atom is 0.397 e. The molecule has 144 valence electrons. The molecule has 1 aliphatic heterocycles. The third-order valence-corrected chi connectivity index (χ3v) is 4.52. The number of hydrogen-bond donors (Lipinski definition) is 1. The highest BCUT2D eigenvalue weighted by Crippen LogP contribution is 2.34. The number of anilines is 2. The Labute approximate surface area is 155 Å². The number of rotatable bonds is 5. The summed E-state index contributed by atoms with van der Waals surface area (Å²) in [6.07, 6.45) is -3.10. The Kier molecular flexibility index (Phi) is 5.48. The van der Waals surface area contributed by atoms with Crippen LogP contribution in [0.5, 0.6) is 0 Å². The fourth-order valence-corrected chi connectivity index (χ4v) is 2.89. The van der Waals surface area contributed by atoms with E-state index < -0.39 is 12.1 Å². The number of carbonyl (C=O) groups excluding carboxylic acids is 1. The molecule has 3 rings (SSSR count). The molecule has 1 amide bonds. The minimum Gasteiger partial charge on any atom is -0.369 e. The minimum atomic E-state index is -4.38. The van der Waals surface area contributed by atoms with Gasteiger partial charge in [-0.1, -0.05) is 30.3 Å². The van der Waals surface area contributed by atoms with E-state index in [0.29, 0.717) is 18.9 Å². The molecule has 2 aromatic rings. The highest BCUT2D eigenvalue weighted by Gasteiger charge is 2.40. The lowest BCUT2D eigenvalue weighted by atomic mass is 9.98. The lowest BCUT2D eigenvalue weighted by Gasteiger charge is -2.32. The number of piperazine rings is 1. The molecule has 6 nitrogen and oxygen atoms in total. The van der Waals surface area contributed by atoms with Crippen LogP contribution < -0.4 is 10.2 Å². The lowest BCUT2D eigenvalue weighted by molar-refractivity contribution is -0.147. The molecule has 27 heavy (non-hydrogen) atoms. The molecule has 0 spiro atoms. The number of aromatic nitrogens is 2. The molecule has 1 aliphatic rings. The van der Waals surface area contributed by atoms with E-state index in [4.69, 9.17) is 0 Å². The molecule has 1 saturated heterocycles. The van der Waals surface area contributed by atoms with Gasteiger partial charge in [0.15, 0.2) is 0 Å². The Morgan fingerprint density at radius 1 is 1.19 bits per heavy atom. The van der Waals surface area contributed by atoms with Crippen LogP contribution >= 0.6 is 0 Å². The molecule has 1 fully saturated rings. The molecule has 1 atom stereocenters. The van der Waals surface area contributed by atoms with Crippen LogP contribution in [0.25, 0.3) is 0 Å². The molecule has 0 bridgehead atoms. The van der Waals surface area contributed by atoms with Crippen LogP contribution in [0.2, 0.25) is 0 Å². The van der Waals surface area contributed by atoms with Gasteiger partial charge in [0.25, 0.3) is 0 Å². The van der Waals surface area contributed by atoms with Crippen molar-refractivity contribution < 1.29 is 18.0 Å². The topological polar surface area (TPSA) is 61.4 Å². The summed E-state index contributed by atoms with van der Waals surface area (Å²) in [5, 5.41) is 2.76. The second-order valence-corrected chi connectivity index (χ2v) is 6.38. The number of alkyl halides is 3. The number of amides is 1. The van der Waals surface area contributed by atoms with Gasteiger partial charge in [-0.15, -0.1) is 0 Å². The van der Waals surface area contributed by atoms with Crippen LogP contribution in [-0.4, -0.2) is 60.2 Å². The summed E-state index contributed by atoms with van der Waals surface area (Å²) in [4.78, 5) is 23.4. The van der Waals surface area contributed by atoms with E-state index in [9.17, 15) is 18.0 Å². The van der Waals surface area contributed by atoms with Crippen LogP contribution in [-0.2, 0) is 4.79 Å². The highest BCUT2D eigenvalue weighted by atomic mass is 19.4. The third-order valence-electron chi connectivity index (χ3n) is 4.52. The van der Waals surface area contributed by atoms with Gasteiger partial charge in [0.2, 0.25) is 5.91 Å². The van der Waals surface area contributed by atoms with Gasteiger partial charge in [-0.2, -0.15) is 13.2 Å². The van der Waals surface area contributed by atoms with Gasteiger partial charge < -0.3 is 15.1 Å². The van der Waals surface area contributed by atoms with E-state index in [2.05, 4.69) is 15.3 Å². The third kappa shape index (κ3) is 4.66. The maximum absolute atomic E-state index is 13.4. The zero-order valence-corrected chi connectivity index (χ0v) is 14.8. The van der Waals surface area contributed by atoms with Crippen molar-refractivity contribution in [3.05, 3.63) is 48.3 Å². The fraction of sp³-hybridized carbons (Fsp3) is 0.389. The number of carbonyl (C=O) groups is 1. The summed E-state index contributed by atoms with van der Waals surface area (Å²) in [6, 6.07) is 9.33. The molecule has 1 unspecified atom stereocenters. The predicted molar refractivity (Wildman–Crippen MR) is 95.6 cm³/mol. The quantitative estimate of drug-likeness (QED) is 0.865. The van der Waals surface area contributed by atoms with Crippen molar-refractivity contribution in [2.24, 2.45) is 0 Å². The Bertz CT molecular complexity index is 784. The van der Waals surface area contributed by atoms with Gasteiger partial charge in [0.05, 0.1) is 12.5 Å². The van der Waals surface area contributed by atoms with Crippen molar-refractivity contribution in [3.8, 4) is 0 Å². The van der Waals surface area contributed by atoms with Crippen LogP contribution in [0, 0.1) is 0 Å². The van der Waals surface area contributed by atoms with Gasteiger partial charge >= 0.3 is 6.18 Å². The van der Waals surface area contributed by atoms with Crippen molar-refractivity contribution in [3.63, 3.8) is 0 Å². The molecule has 1 N–H and O–H groups in total. The summed E-state index contributed by atoms with van der Waals surface area (Å²) in [6.45, 7) is 1.01. The second kappa shape index (κ2) is 7.81. The molecule has 0 saturated carbocycles. The number of nitrogens with one attached hydrogen (secondary N) is 1. The zero-order chi connectivity index (χ0) is 19.4. The molecule has 0 radical (unpaired) electrons. The summed E-state index contributed by atoms with van der Waals surface area (Å²) in [5.74, 6) is -0.883. The van der Waals surface area contributed by atoms with E-state index in [1.54, 1.807) is 41.1 Å². The van der Waals surface area contributed by atoms with Gasteiger partial charge in [-0.25, -0.2) is 9.97 Å². The number of likely N-dealkylation sites (N-methyl/N-ethyl adjacent to an activating group) is 1. The van der Waals surface area contributed by atoms with Gasteiger partial charge in [0, 0.05) is 32.7 Å².